The van der Waals surface area contributed by atoms with E-state index in [2.05, 4.69) is 22.5 Å². The van der Waals surface area contributed by atoms with Gasteiger partial charge in [0.1, 0.15) is 6.10 Å². The van der Waals surface area contributed by atoms with Crippen LogP contribution in [0.3, 0.4) is 0 Å². The predicted octanol–water partition coefficient (Wildman–Crippen LogP) is 2.52. The number of nitrogens with zero attached hydrogens (tertiary/aromatic N) is 2. The third kappa shape index (κ3) is 8.50. The monoisotopic (exact) mass is 406 g/mol. The molecular formula is C22H38N4O3. The molecule has 0 aromatic heterocycles. The van der Waals surface area contributed by atoms with E-state index in [1.165, 1.54) is 0 Å². The predicted molar refractivity (Wildman–Crippen MR) is 118 cm³/mol. The van der Waals surface area contributed by atoms with Gasteiger partial charge in [0.05, 0.1) is 13.7 Å². The van der Waals surface area contributed by atoms with Gasteiger partial charge in [-0.05, 0) is 45.2 Å². The van der Waals surface area contributed by atoms with Crippen molar-refractivity contribution in [1.82, 2.24) is 15.5 Å². The zero-order valence-electron chi connectivity index (χ0n) is 18.4. The minimum atomic E-state index is -0.0515. The highest BCUT2D eigenvalue weighted by atomic mass is 16.5. The maximum atomic E-state index is 6.01. The molecule has 1 unspecified atom stereocenters. The second-order valence-corrected chi connectivity index (χ2v) is 7.41. The molecule has 1 aromatic rings. The molecule has 1 aliphatic heterocycles. The number of guanidine groups is 1. The number of para-hydroxylation sites is 2. The summed E-state index contributed by atoms with van der Waals surface area (Å²) < 4.78 is 16.5. The molecule has 1 aliphatic rings. The van der Waals surface area contributed by atoms with Gasteiger partial charge in [0.15, 0.2) is 17.5 Å². The second kappa shape index (κ2) is 13.3. The molecule has 1 heterocycles. The summed E-state index contributed by atoms with van der Waals surface area (Å²) in [6.45, 7) is 9.72. The summed E-state index contributed by atoms with van der Waals surface area (Å²) in [6, 6.07) is 8.16. The summed E-state index contributed by atoms with van der Waals surface area (Å²) >= 11 is 0. The van der Waals surface area contributed by atoms with Gasteiger partial charge in [0, 0.05) is 45.9 Å². The van der Waals surface area contributed by atoms with E-state index in [1.54, 1.807) is 14.2 Å². The molecule has 1 fully saturated rings. The highest BCUT2D eigenvalue weighted by molar-refractivity contribution is 5.80. The number of ether oxygens (including phenoxy) is 3. The first-order valence-corrected chi connectivity index (χ1v) is 10.7. The van der Waals surface area contributed by atoms with Crippen molar-refractivity contribution in [2.45, 2.75) is 45.3 Å². The first-order valence-electron chi connectivity index (χ1n) is 10.7. The molecule has 0 aliphatic carbocycles. The van der Waals surface area contributed by atoms with Crippen LogP contribution < -0.4 is 20.1 Å². The van der Waals surface area contributed by atoms with Crippen LogP contribution >= 0.6 is 0 Å². The number of rotatable bonds is 11. The number of likely N-dealkylation sites (tertiary alicyclic amines) is 1. The Kier molecular flexibility index (Phi) is 10.7. The standard InChI is InChI=1S/C22H38N4O3/c1-5-23-22(25-19-11-14-26(15-12-19)13-8-16-27-3)24-17-18(2)29-21-10-7-6-9-20(21)28-4/h6-7,9-10,18-19H,5,8,11-17H2,1-4H3,(H2,23,24,25). The molecule has 7 nitrogen and oxygen atoms in total. The number of piperidine rings is 1. The smallest absolute Gasteiger partial charge is 0.191 e. The molecular weight excluding hydrogens is 368 g/mol. The third-order valence-electron chi connectivity index (χ3n) is 5.00. The highest BCUT2D eigenvalue weighted by Crippen LogP contribution is 2.26. The summed E-state index contributed by atoms with van der Waals surface area (Å²) in [6.07, 6.45) is 3.31. The van der Waals surface area contributed by atoms with Crippen LogP contribution in [0.25, 0.3) is 0 Å². The lowest BCUT2D eigenvalue weighted by molar-refractivity contribution is 0.155. The third-order valence-corrected chi connectivity index (χ3v) is 5.00. The Morgan fingerprint density at radius 3 is 2.59 bits per heavy atom. The first kappa shape index (κ1) is 23.3. The number of aliphatic imine (C=N–C) groups is 1. The zero-order valence-corrected chi connectivity index (χ0v) is 18.4. The van der Waals surface area contributed by atoms with Crippen LogP contribution in [0.1, 0.15) is 33.1 Å². The van der Waals surface area contributed by atoms with E-state index in [0.717, 1.165) is 69.5 Å². The van der Waals surface area contributed by atoms with Crippen molar-refractivity contribution in [2.75, 3.05) is 53.6 Å². The fraction of sp³-hybridized carbons (Fsp3) is 0.682. The van der Waals surface area contributed by atoms with Crippen LogP contribution in [-0.4, -0.2) is 76.6 Å². The minimum Gasteiger partial charge on any atom is -0.493 e. The molecule has 2 rings (SSSR count). The number of hydrogen-bond donors (Lipinski definition) is 2. The summed E-state index contributed by atoms with van der Waals surface area (Å²) in [4.78, 5) is 7.26. The van der Waals surface area contributed by atoms with Crippen molar-refractivity contribution >= 4 is 5.96 Å². The molecule has 7 heteroatoms. The molecule has 0 amide bonds. The van der Waals surface area contributed by atoms with Crippen molar-refractivity contribution < 1.29 is 14.2 Å². The lowest BCUT2D eigenvalue weighted by atomic mass is 10.1. The van der Waals surface area contributed by atoms with Crippen LogP contribution in [-0.2, 0) is 4.74 Å². The fourth-order valence-corrected chi connectivity index (χ4v) is 3.44. The average molecular weight is 407 g/mol. The van der Waals surface area contributed by atoms with Gasteiger partial charge >= 0.3 is 0 Å². The van der Waals surface area contributed by atoms with E-state index in [-0.39, 0.29) is 6.10 Å². The van der Waals surface area contributed by atoms with E-state index >= 15 is 0 Å². The lowest BCUT2D eigenvalue weighted by Crippen LogP contribution is -2.49. The Morgan fingerprint density at radius 1 is 1.21 bits per heavy atom. The Balaban J connectivity index is 1.80. The Labute approximate surface area is 175 Å². The summed E-state index contributed by atoms with van der Waals surface area (Å²) in [7, 11) is 3.42. The molecule has 2 N–H and O–H groups in total. The summed E-state index contributed by atoms with van der Waals surface area (Å²) in [5.41, 5.74) is 0. The van der Waals surface area contributed by atoms with Gasteiger partial charge in [-0.25, -0.2) is 4.99 Å². The molecule has 0 spiro atoms. The van der Waals surface area contributed by atoms with Gasteiger partial charge in [-0.3, -0.25) is 0 Å². The van der Waals surface area contributed by atoms with Gasteiger partial charge < -0.3 is 29.7 Å². The average Bonchev–Trinajstić information content (AvgIpc) is 2.74. The van der Waals surface area contributed by atoms with Crippen LogP contribution in [0, 0.1) is 0 Å². The number of hydrogen-bond acceptors (Lipinski definition) is 5. The molecule has 164 valence electrons. The maximum absolute atomic E-state index is 6.01. The van der Waals surface area contributed by atoms with E-state index in [9.17, 15) is 0 Å². The largest absolute Gasteiger partial charge is 0.493 e. The summed E-state index contributed by atoms with van der Waals surface area (Å²) in [5, 5.41) is 6.95. The van der Waals surface area contributed by atoms with Crippen molar-refractivity contribution in [3.05, 3.63) is 24.3 Å². The molecule has 29 heavy (non-hydrogen) atoms. The Hall–Kier alpha value is -1.99. The van der Waals surface area contributed by atoms with Crippen LogP contribution in [0.15, 0.2) is 29.3 Å². The van der Waals surface area contributed by atoms with Gasteiger partial charge in [-0.2, -0.15) is 0 Å². The zero-order chi connectivity index (χ0) is 20.9. The molecule has 0 radical (unpaired) electrons. The van der Waals surface area contributed by atoms with Crippen molar-refractivity contribution in [2.24, 2.45) is 4.99 Å². The van der Waals surface area contributed by atoms with E-state index in [1.807, 2.05) is 31.2 Å². The van der Waals surface area contributed by atoms with Crippen molar-refractivity contribution in [1.29, 1.82) is 0 Å². The number of nitrogens with one attached hydrogen (secondary N) is 2. The molecule has 0 bridgehead atoms. The topological polar surface area (TPSA) is 67.4 Å². The van der Waals surface area contributed by atoms with E-state index < -0.39 is 0 Å². The molecule has 1 aromatic carbocycles. The van der Waals surface area contributed by atoms with Gasteiger partial charge in [0.25, 0.3) is 0 Å². The molecule has 1 atom stereocenters. The Bertz CT molecular complexity index is 603. The van der Waals surface area contributed by atoms with E-state index in [0.29, 0.717) is 12.6 Å². The quantitative estimate of drug-likeness (QED) is 0.334. The minimum absolute atomic E-state index is 0.0515. The van der Waals surface area contributed by atoms with E-state index in [4.69, 9.17) is 19.2 Å². The normalized spacial score (nSPS) is 17.0. The number of benzene rings is 1. The van der Waals surface area contributed by atoms with Crippen molar-refractivity contribution in [3.63, 3.8) is 0 Å². The maximum Gasteiger partial charge on any atom is 0.191 e. The SMILES string of the molecule is CCNC(=NCC(C)Oc1ccccc1OC)NC1CCN(CCCOC)CC1. The van der Waals surface area contributed by atoms with Gasteiger partial charge in [-0.15, -0.1) is 0 Å². The van der Waals surface area contributed by atoms with Crippen LogP contribution in [0.4, 0.5) is 0 Å². The van der Waals surface area contributed by atoms with Crippen LogP contribution in [0.5, 0.6) is 11.5 Å². The fourth-order valence-electron chi connectivity index (χ4n) is 3.44. The Morgan fingerprint density at radius 2 is 1.93 bits per heavy atom. The number of methoxy groups -OCH3 is 2. The second-order valence-electron chi connectivity index (χ2n) is 7.41. The van der Waals surface area contributed by atoms with Crippen LogP contribution in [0.2, 0.25) is 0 Å². The highest BCUT2D eigenvalue weighted by Gasteiger charge is 2.19. The molecule has 1 saturated heterocycles. The lowest BCUT2D eigenvalue weighted by Gasteiger charge is -2.33. The summed E-state index contributed by atoms with van der Waals surface area (Å²) in [5.74, 6) is 2.35. The van der Waals surface area contributed by atoms with Gasteiger partial charge in [-0.1, -0.05) is 12.1 Å². The molecule has 0 saturated carbocycles. The first-order chi connectivity index (χ1) is 14.2. The van der Waals surface area contributed by atoms with Crippen molar-refractivity contribution in [3.8, 4) is 11.5 Å². The van der Waals surface area contributed by atoms with Gasteiger partial charge in [0.2, 0.25) is 0 Å².